The van der Waals surface area contributed by atoms with Crippen molar-refractivity contribution >= 4 is 5.97 Å². The van der Waals surface area contributed by atoms with Crippen LogP contribution in [0.25, 0.3) is 0 Å². The van der Waals surface area contributed by atoms with Crippen LogP contribution in [0.3, 0.4) is 0 Å². The lowest BCUT2D eigenvalue weighted by Crippen LogP contribution is -2.43. The minimum Gasteiger partial charge on any atom is -0.454 e. The van der Waals surface area contributed by atoms with E-state index in [1.165, 1.54) is 6.92 Å². The Bertz CT molecular complexity index is 213. The molecule has 0 fully saturated rings. The van der Waals surface area contributed by atoms with Gasteiger partial charge in [0.15, 0.2) is 0 Å². The molecule has 0 aromatic carbocycles. The molecule has 0 bridgehead atoms. The number of esters is 1. The van der Waals surface area contributed by atoms with Crippen molar-refractivity contribution in [2.45, 2.75) is 19.4 Å². The van der Waals surface area contributed by atoms with Crippen molar-refractivity contribution < 1.29 is 9.53 Å². The van der Waals surface area contributed by atoms with Crippen LogP contribution in [-0.4, -0.2) is 36.6 Å². The van der Waals surface area contributed by atoms with E-state index < -0.39 is 5.60 Å². The van der Waals surface area contributed by atoms with Gasteiger partial charge >= 0.3 is 5.97 Å². The Balaban J connectivity index is 2.63. The maximum Gasteiger partial charge on any atom is 0.303 e. The summed E-state index contributed by atoms with van der Waals surface area (Å²) >= 11 is 0. The fourth-order valence-electron chi connectivity index (χ4n) is 1.53. The normalized spacial score (nSPS) is 30.2. The van der Waals surface area contributed by atoms with Gasteiger partial charge in [-0.05, 0) is 20.0 Å². The monoisotopic (exact) mass is 169 g/mol. The van der Waals surface area contributed by atoms with Crippen LogP contribution in [0.5, 0.6) is 0 Å². The Kier molecular flexibility index (Phi) is 2.52. The molecule has 1 aliphatic heterocycles. The molecule has 0 N–H and O–H groups in total. The lowest BCUT2D eigenvalue weighted by atomic mass is 10.0. The Morgan fingerprint density at radius 1 is 1.67 bits per heavy atom. The molecule has 3 heteroatoms. The average molecular weight is 169 g/mol. The number of likely N-dealkylation sites (N-methyl/N-ethyl adjacent to an activating group) is 1. The third-order valence-electron chi connectivity index (χ3n) is 1.85. The van der Waals surface area contributed by atoms with Crippen molar-refractivity contribution in [3.8, 4) is 0 Å². The van der Waals surface area contributed by atoms with Crippen molar-refractivity contribution in [2.24, 2.45) is 0 Å². The Labute approximate surface area is 73.0 Å². The van der Waals surface area contributed by atoms with E-state index in [-0.39, 0.29) is 5.97 Å². The van der Waals surface area contributed by atoms with Crippen LogP contribution in [0.1, 0.15) is 13.8 Å². The van der Waals surface area contributed by atoms with Crippen LogP contribution >= 0.6 is 0 Å². The van der Waals surface area contributed by atoms with Gasteiger partial charge in [-0.15, -0.1) is 0 Å². The summed E-state index contributed by atoms with van der Waals surface area (Å²) < 4.78 is 5.18. The minimum atomic E-state index is -0.432. The van der Waals surface area contributed by atoms with Crippen molar-refractivity contribution in [3.05, 3.63) is 12.2 Å². The van der Waals surface area contributed by atoms with E-state index in [1.54, 1.807) is 0 Å². The second-order valence-corrected chi connectivity index (χ2v) is 3.51. The van der Waals surface area contributed by atoms with Crippen LogP contribution in [0, 0.1) is 0 Å². The summed E-state index contributed by atoms with van der Waals surface area (Å²) in [4.78, 5) is 12.9. The standard InChI is InChI=1S/C9H15NO2/c1-8(11)12-9(2)5-4-6-10(3)7-9/h4-5H,6-7H2,1-3H3. The molecule has 0 aromatic rings. The molecule has 0 aromatic heterocycles. The highest BCUT2D eigenvalue weighted by atomic mass is 16.6. The lowest BCUT2D eigenvalue weighted by Gasteiger charge is -2.33. The molecule has 1 rings (SSSR count). The van der Waals surface area contributed by atoms with E-state index >= 15 is 0 Å². The van der Waals surface area contributed by atoms with Gasteiger partial charge in [0.25, 0.3) is 0 Å². The highest BCUT2D eigenvalue weighted by Gasteiger charge is 2.28. The molecule has 1 heterocycles. The van der Waals surface area contributed by atoms with Gasteiger partial charge in [0, 0.05) is 20.0 Å². The van der Waals surface area contributed by atoms with Gasteiger partial charge in [-0.25, -0.2) is 0 Å². The van der Waals surface area contributed by atoms with E-state index in [0.717, 1.165) is 13.1 Å². The summed E-state index contributed by atoms with van der Waals surface area (Å²) in [7, 11) is 2.01. The average Bonchev–Trinajstić information content (AvgIpc) is 1.82. The van der Waals surface area contributed by atoms with Gasteiger partial charge in [-0.1, -0.05) is 6.08 Å². The topological polar surface area (TPSA) is 29.5 Å². The molecule has 12 heavy (non-hydrogen) atoms. The molecule has 0 saturated heterocycles. The molecule has 1 unspecified atom stereocenters. The molecule has 1 aliphatic rings. The summed E-state index contributed by atoms with van der Waals surface area (Å²) in [6.07, 6.45) is 3.97. The predicted molar refractivity (Wildman–Crippen MR) is 46.8 cm³/mol. The summed E-state index contributed by atoms with van der Waals surface area (Å²) in [5, 5.41) is 0. The minimum absolute atomic E-state index is 0.225. The number of hydrogen-bond acceptors (Lipinski definition) is 3. The van der Waals surface area contributed by atoms with Gasteiger partial charge in [-0.2, -0.15) is 0 Å². The molecule has 68 valence electrons. The second-order valence-electron chi connectivity index (χ2n) is 3.51. The van der Waals surface area contributed by atoms with Gasteiger partial charge in [0.2, 0.25) is 0 Å². The van der Waals surface area contributed by atoms with E-state index in [0.29, 0.717) is 0 Å². The van der Waals surface area contributed by atoms with Crippen LogP contribution in [0.4, 0.5) is 0 Å². The SMILES string of the molecule is CC(=O)OC1(C)C=CCN(C)C1. The van der Waals surface area contributed by atoms with E-state index in [4.69, 9.17) is 4.74 Å². The first-order valence-corrected chi connectivity index (χ1v) is 4.08. The first-order chi connectivity index (χ1) is 5.52. The molecule has 3 nitrogen and oxygen atoms in total. The van der Waals surface area contributed by atoms with Gasteiger partial charge in [0.05, 0.1) is 0 Å². The molecular weight excluding hydrogens is 154 g/mol. The van der Waals surface area contributed by atoms with Crippen molar-refractivity contribution in [2.75, 3.05) is 20.1 Å². The summed E-state index contributed by atoms with van der Waals surface area (Å²) in [6.45, 7) is 5.05. The number of ether oxygens (including phenoxy) is 1. The van der Waals surface area contributed by atoms with Crippen LogP contribution < -0.4 is 0 Å². The van der Waals surface area contributed by atoms with Crippen LogP contribution in [0.2, 0.25) is 0 Å². The summed E-state index contributed by atoms with van der Waals surface area (Å²) in [5.74, 6) is -0.225. The zero-order valence-corrected chi connectivity index (χ0v) is 7.83. The summed E-state index contributed by atoms with van der Waals surface area (Å²) in [6, 6.07) is 0. The maximum atomic E-state index is 10.7. The van der Waals surface area contributed by atoms with Crippen molar-refractivity contribution in [1.29, 1.82) is 0 Å². The van der Waals surface area contributed by atoms with Gasteiger partial charge in [-0.3, -0.25) is 9.69 Å². The smallest absolute Gasteiger partial charge is 0.303 e. The second kappa shape index (κ2) is 3.27. The van der Waals surface area contributed by atoms with Crippen LogP contribution in [0.15, 0.2) is 12.2 Å². The molecule has 0 saturated carbocycles. The molecular formula is C9H15NO2. The quantitative estimate of drug-likeness (QED) is 0.430. The molecule has 0 aliphatic carbocycles. The van der Waals surface area contributed by atoms with Crippen molar-refractivity contribution in [1.82, 2.24) is 4.90 Å². The van der Waals surface area contributed by atoms with Gasteiger partial charge < -0.3 is 4.74 Å². The van der Waals surface area contributed by atoms with Crippen molar-refractivity contribution in [3.63, 3.8) is 0 Å². The zero-order chi connectivity index (χ0) is 9.19. The number of carbonyl (C=O) groups is 1. The first-order valence-electron chi connectivity index (χ1n) is 4.08. The summed E-state index contributed by atoms with van der Waals surface area (Å²) in [5.41, 5.74) is -0.432. The Hall–Kier alpha value is -0.830. The molecule has 0 radical (unpaired) electrons. The maximum absolute atomic E-state index is 10.7. The molecule has 1 atom stereocenters. The Morgan fingerprint density at radius 2 is 2.33 bits per heavy atom. The van der Waals surface area contributed by atoms with Crippen LogP contribution in [-0.2, 0) is 9.53 Å². The first kappa shape index (κ1) is 9.26. The fraction of sp³-hybridized carbons (Fsp3) is 0.667. The van der Waals surface area contributed by atoms with E-state index in [1.807, 2.05) is 26.1 Å². The largest absolute Gasteiger partial charge is 0.454 e. The highest BCUT2D eigenvalue weighted by molar-refractivity contribution is 5.66. The van der Waals surface area contributed by atoms with Gasteiger partial charge in [0.1, 0.15) is 5.60 Å². The fourth-order valence-corrected chi connectivity index (χ4v) is 1.53. The number of rotatable bonds is 1. The number of carbonyl (C=O) groups excluding carboxylic acids is 1. The molecule has 0 amide bonds. The lowest BCUT2D eigenvalue weighted by molar-refractivity contribution is -0.152. The number of nitrogens with zero attached hydrogens (tertiary/aromatic N) is 1. The zero-order valence-electron chi connectivity index (χ0n) is 7.83. The van der Waals surface area contributed by atoms with E-state index in [9.17, 15) is 4.79 Å². The molecule has 0 spiro atoms. The predicted octanol–water partition coefficient (Wildman–Crippen LogP) is 0.810. The third kappa shape index (κ3) is 2.34. The number of hydrogen-bond donors (Lipinski definition) is 0. The van der Waals surface area contributed by atoms with E-state index in [2.05, 4.69) is 4.90 Å². The highest BCUT2D eigenvalue weighted by Crippen LogP contribution is 2.17. The third-order valence-corrected chi connectivity index (χ3v) is 1.85. The Morgan fingerprint density at radius 3 is 2.83 bits per heavy atom.